The smallest absolute Gasteiger partial charge is 0.293 e. The van der Waals surface area contributed by atoms with Gasteiger partial charge in [-0.1, -0.05) is 31.0 Å². The largest absolute Gasteiger partial charge is 0.493 e. The Balaban J connectivity index is 1.56. The van der Waals surface area contributed by atoms with Gasteiger partial charge in [-0.25, -0.2) is 0 Å². The van der Waals surface area contributed by atoms with Gasteiger partial charge in [-0.3, -0.25) is 14.9 Å². The summed E-state index contributed by atoms with van der Waals surface area (Å²) in [5.41, 5.74) is 1.83. The van der Waals surface area contributed by atoms with E-state index in [1.54, 1.807) is 12.1 Å². The van der Waals surface area contributed by atoms with Crippen molar-refractivity contribution < 1.29 is 14.5 Å². The molecule has 1 atom stereocenters. The van der Waals surface area contributed by atoms with Crippen molar-refractivity contribution in [3.05, 3.63) is 63.7 Å². The highest BCUT2D eigenvalue weighted by molar-refractivity contribution is 5.96. The SMILES string of the molecule is O=C(N[C@@H]1CCOc2ccccc21)c1ccc(N2CCCCCC2)c([N+](=O)[O-])c1. The average molecular weight is 395 g/mol. The zero-order valence-electron chi connectivity index (χ0n) is 16.3. The summed E-state index contributed by atoms with van der Waals surface area (Å²) in [7, 11) is 0. The van der Waals surface area contributed by atoms with Gasteiger partial charge in [0.25, 0.3) is 11.6 Å². The third-order valence-electron chi connectivity index (χ3n) is 5.64. The molecule has 2 aromatic rings. The minimum absolute atomic E-state index is 0.00747. The second-order valence-corrected chi connectivity index (χ2v) is 7.56. The van der Waals surface area contributed by atoms with Crippen LogP contribution in [-0.4, -0.2) is 30.5 Å². The third kappa shape index (κ3) is 4.18. The second-order valence-electron chi connectivity index (χ2n) is 7.56. The number of rotatable bonds is 4. The predicted octanol–water partition coefficient (Wildman–Crippen LogP) is 4.23. The first kappa shape index (κ1) is 19.2. The number of nitro benzene ring substituents is 1. The molecule has 0 unspecified atom stereocenters. The van der Waals surface area contributed by atoms with Gasteiger partial charge in [0.05, 0.1) is 17.6 Å². The Morgan fingerprint density at radius 2 is 1.86 bits per heavy atom. The maximum atomic E-state index is 12.9. The van der Waals surface area contributed by atoms with E-state index >= 15 is 0 Å². The molecule has 4 rings (SSSR count). The standard InChI is InChI=1S/C22H25N3O4/c26-22(23-18-11-14-29-21-8-4-3-7-17(18)21)16-9-10-19(20(15-16)25(27)28)24-12-5-1-2-6-13-24/h3-4,7-10,15,18H,1-2,5-6,11-14H2,(H,23,26)/t18-/m1/s1. The number of benzene rings is 2. The van der Waals surface area contributed by atoms with E-state index in [2.05, 4.69) is 10.2 Å². The van der Waals surface area contributed by atoms with Crippen LogP contribution in [0, 0.1) is 10.1 Å². The van der Waals surface area contributed by atoms with Gasteiger partial charge in [0.2, 0.25) is 0 Å². The quantitative estimate of drug-likeness (QED) is 0.619. The topological polar surface area (TPSA) is 84.7 Å². The number of nitrogens with one attached hydrogen (secondary N) is 1. The first-order chi connectivity index (χ1) is 14.1. The van der Waals surface area contributed by atoms with Crippen LogP contribution in [0.5, 0.6) is 5.75 Å². The Morgan fingerprint density at radius 1 is 1.10 bits per heavy atom. The van der Waals surface area contributed by atoms with Crippen LogP contribution in [0.15, 0.2) is 42.5 Å². The number of nitro groups is 1. The maximum Gasteiger partial charge on any atom is 0.293 e. The van der Waals surface area contributed by atoms with E-state index in [1.807, 2.05) is 24.3 Å². The van der Waals surface area contributed by atoms with E-state index in [0.29, 0.717) is 24.3 Å². The molecule has 1 saturated heterocycles. The number of para-hydroxylation sites is 1. The van der Waals surface area contributed by atoms with Crippen LogP contribution >= 0.6 is 0 Å². The lowest BCUT2D eigenvalue weighted by Gasteiger charge is -2.27. The number of hydrogen-bond acceptors (Lipinski definition) is 5. The fourth-order valence-corrected chi connectivity index (χ4v) is 4.12. The van der Waals surface area contributed by atoms with Crippen LogP contribution < -0.4 is 15.0 Å². The molecule has 7 nitrogen and oxygen atoms in total. The second kappa shape index (κ2) is 8.51. The van der Waals surface area contributed by atoms with Crippen molar-refractivity contribution >= 4 is 17.3 Å². The summed E-state index contributed by atoms with van der Waals surface area (Å²) < 4.78 is 5.64. The van der Waals surface area contributed by atoms with Crippen molar-refractivity contribution in [3.8, 4) is 5.75 Å². The molecule has 0 bridgehead atoms. The first-order valence-electron chi connectivity index (χ1n) is 10.2. The molecule has 7 heteroatoms. The highest BCUT2D eigenvalue weighted by Crippen LogP contribution is 2.33. The molecular weight excluding hydrogens is 370 g/mol. The van der Waals surface area contributed by atoms with E-state index in [0.717, 1.165) is 50.1 Å². The first-order valence-corrected chi connectivity index (χ1v) is 10.2. The number of hydrogen-bond donors (Lipinski definition) is 1. The molecule has 29 heavy (non-hydrogen) atoms. The van der Waals surface area contributed by atoms with Crippen LogP contribution in [-0.2, 0) is 0 Å². The van der Waals surface area contributed by atoms with Crippen molar-refractivity contribution in [2.24, 2.45) is 0 Å². The zero-order chi connectivity index (χ0) is 20.2. The molecule has 1 fully saturated rings. The summed E-state index contributed by atoms with van der Waals surface area (Å²) in [6, 6.07) is 12.3. The minimum atomic E-state index is -0.388. The van der Waals surface area contributed by atoms with Gasteiger partial charge in [0.1, 0.15) is 11.4 Å². The van der Waals surface area contributed by atoms with Gasteiger partial charge in [-0.15, -0.1) is 0 Å². The summed E-state index contributed by atoms with van der Waals surface area (Å²) in [4.78, 5) is 26.2. The maximum absolute atomic E-state index is 12.9. The van der Waals surface area contributed by atoms with Crippen molar-refractivity contribution in [1.29, 1.82) is 0 Å². The van der Waals surface area contributed by atoms with Crippen LogP contribution in [0.4, 0.5) is 11.4 Å². The van der Waals surface area contributed by atoms with Gasteiger partial charge in [0, 0.05) is 36.7 Å². The Bertz CT molecular complexity index is 907. The Kier molecular flexibility index (Phi) is 5.64. The van der Waals surface area contributed by atoms with E-state index in [4.69, 9.17) is 4.74 Å². The molecule has 2 aliphatic rings. The summed E-state index contributed by atoms with van der Waals surface area (Å²) in [5.74, 6) is 0.462. The van der Waals surface area contributed by atoms with E-state index in [-0.39, 0.29) is 22.6 Å². The molecule has 2 heterocycles. The van der Waals surface area contributed by atoms with Crippen LogP contribution in [0.1, 0.15) is 54.1 Å². The molecule has 0 aliphatic carbocycles. The third-order valence-corrected chi connectivity index (χ3v) is 5.64. The summed E-state index contributed by atoms with van der Waals surface area (Å²) in [6.07, 6.45) is 5.02. The fraction of sp³-hybridized carbons (Fsp3) is 0.409. The molecule has 2 aromatic carbocycles. The summed E-state index contributed by atoms with van der Waals surface area (Å²) >= 11 is 0. The lowest BCUT2D eigenvalue weighted by molar-refractivity contribution is -0.384. The molecular formula is C22H25N3O4. The molecule has 152 valence electrons. The number of carbonyl (C=O) groups is 1. The average Bonchev–Trinajstić information content (AvgIpc) is 3.03. The molecule has 2 aliphatic heterocycles. The van der Waals surface area contributed by atoms with Crippen LogP contribution in [0.3, 0.4) is 0 Å². The highest BCUT2D eigenvalue weighted by atomic mass is 16.6. The van der Waals surface area contributed by atoms with E-state index in [9.17, 15) is 14.9 Å². The number of nitrogens with zero attached hydrogens (tertiary/aromatic N) is 2. The molecule has 1 N–H and O–H groups in total. The number of carbonyl (C=O) groups excluding carboxylic acids is 1. The van der Waals surface area contributed by atoms with E-state index in [1.165, 1.54) is 6.07 Å². The number of amides is 1. The zero-order valence-corrected chi connectivity index (χ0v) is 16.3. The van der Waals surface area contributed by atoms with Gasteiger partial charge in [0.15, 0.2) is 0 Å². The fourth-order valence-electron chi connectivity index (χ4n) is 4.12. The van der Waals surface area contributed by atoms with Gasteiger partial charge in [-0.05, 0) is 31.0 Å². The van der Waals surface area contributed by atoms with E-state index < -0.39 is 0 Å². The lowest BCUT2D eigenvalue weighted by atomic mass is 10.00. The number of fused-ring (bicyclic) bond motifs is 1. The molecule has 1 amide bonds. The van der Waals surface area contributed by atoms with Gasteiger partial charge >= 0.3 is 0 Å². The van der Waals surface area contributed by atoms with Crippen LogP contribution in [0.2, 0.25) is 0 Å². The highest BCUT2D eigenvalue weighted by Gasteiger charge is 2.26. The molecule has 0 aromatic heterocycles. The van der Waals surface area contributed by atoms with Crippen molar-refractivity contribution in [2.45, 2.75) is 38.1 Å². The van der Waals surface area contributed by atoms with Crippen molar-refractivity contribution in [1.82, 2.24) is 5.32 Å². The molecule has 0 spiro atoms. The van der Waals surface area contributed by atoms with Crippen molar-refractivity contribution in [3.63, 3.8) is 0 Å². The normalized spacial score (nSPS) is 18.9. The predicted molar refractivity (Wildman–Crippen MR) is 111 cm³/mol. The number of anilines is 1. The summed E-state index contributed by atoms with van der Waals surface area (Å²) in [5, 5.41) is 14.7. The molecule has 0 radical (unpaired) electrons. The van der Waals surface area contributed by atoms with Crippen molar-refractivity contribution in [2.75, 3.05) is 24.6 Å². The Labute approximate surface area is 169 Å². The molecule has 0 saturated carbocycles. The van der Waals surface area contributed by atoms with Crippen LogP contribution in [0.25, 0.3) is 0 Å². The number of ether oxygens (including phenoxy) is 1. The Hall–Kier alpha value is -3.09. The Morgan fingerprint density at radius 3 is 2.62 bits per heavy atom. The minimum Gasteiger partial charge on any atom is -0.493 e. The van der Waals surface area contributed by atoms with Gasteiger partial charge in [-0.2, -0.15) is 0 Å². The summed E-state index contributed by atoms with van der Waals surface area (Å²) in [6.45, 7) is 2.15. The van der Waals surface area contributed by atoms with Gasteiger partial charge < -0.3 is 15.0 Å². The lowest BCUT2D eigenvalue weighted by Crippen LogP contribution is -2.32. The monoisotopic (exact) mass is 395 g/mol.